The van der Waals surface area contributed by atoms with Crippen LogP contribution in [0.25, 0.3) is 0 Å². The predicted octanol–water partition coefficient (Wildman–Crippen LogP) is 4.53. The Morgan fingerprint density at radius 1 is 0.731 bits per heavy atom. The molecule has 0 aliphatic rings. The normalized spacial score (nSPS) is 10.8. The van der Waals surface area contributed by atoms with Crippen LogP contribution in [0.3, 0.4) is 0 Å². The van der Waals surface area contributed by atoms with Crippen molar-refractivity contribution in [3.05, 3.63) is 71.8 Å². The molecule has 0 bridgehead atoms. The zero-order valence-corrected chi connectivity index (χ0v) is 15.4. The molecule has 2 aromatic carbocycles. The molecule has 2 rings (SSSR count). The van der Waals surface area contributed by atoms with Crippen molar-refractivity contribution in [1.29, 1.82) is 0 Å². The molecule has 0 radical (unpaired) electrons. The van der Waals surface area contributed by atoms with Gasteiger partial charge in [-0.2, -0.15) is 0 Å². The molecule has 0 heterocycles. The Morgan fingerprint density at radius 2 is 1.15 bits per heavy atom. The zero-order valence-electron chi connectivity index (χ0n) is 15.4. The highest BCUT2D eigenvalue weighted by Gasteiger charge is 2.29. The molecule has 0 unspecified atom stereocenters. The highest BCUT2D eigenvalue weighted by atomic mass is 16.6. The van der Waals surface area contributed by atoms with E-state index in [4.69, 9.17) is 9.47 Å². The summed E-state index contributed by atoms with van der Waals surface area (Å²) < 4.78 is 10.7. The molecule has 138 valence electrons. The van der Waals surface area contributed by atoms with Crippen LogP contribution in [0.4, 0.5) is 0 Å². The summed E-state index contributed by atoms with van der Waals surface area (Å²) in [6, 6.07) is 18.8. The molecule has 0 amide bonds. The Labute approximate surface area is 155 Å². The lowest BCUT2D eigenvalue weighted by atomic mass is 9.98. The average molecular weight is 354 g/mol. The summed E-state index contributed by atoms with van der Waals surface area (Å²) in [5.41, 5.74) is 1.78. The quantitative estimate of drug-likeness (QED) is 0.490. The molecule has 2 aromatic rings. The molecule has 0 aromatic heterocycles. The fourth-order valence-corrected chi connectivity index (χ4v) is 2.49. The predicted molar refractivity (Wildman–Crippen MR) is 100 cm³/mol. The monoisotopic (exact) mass is 354 g/mol. The van der Waals surface area contributed by atoms with E-state index in [-0.39, 0.29) is 13.2 Å². The van der Waals surface area contributed by atoms with Crippen molar-refractivity contribution in [2.75, 3.05) is 0 Å². The molecular formula is C22H26O4. The van der Waals surface area contributed by atoms with Gasteiger partial charge in [-0.3, -0.25) is 9.59 Å². The molecule has 0 aliphatic carbocycles. The van der Waals surface area contributed by atoms with Crippen molar-refractivity contribution >= 4 is 11.9 Å². The molecule has 0 fully saturated rings. The van der Waals surface area contributed by atoms with Gasteiger partial charge in [0.05, 0.1) is 0 Å². The van der Waals surface area contributed by atoms with Gasteiger partial charge in [-0.15, -0.1) is 0 Å². The summed E-state index contributed by atoms with van der Waals surface area (Å²) in [6.45, 7) is 4.43. The van der Waals surface area contributed by atoms with Crippen LogP contribution >= 0.6 is 0 Å². The van der Waals surface area contributed by atoms with E-state index in [2.05, 4.69) is 13.8 Å². The molecule has 26 heavy (non-hydrogen) atoms. The lowest BCUT2D eigenvalue weighted by Gasteiger charge is -2.16. The van der Waals surface area contributed by atoms with E-state index in [1.807, 2.05) is 60.7 Å². The van der Waals surface area contributed by atoms with Crippen molar-refractivity contribution in [2.45, 2.75) is 39.9 Å². The fourth-order valence-electron chi connectivity index (χ4n) is 2.49. The van der Waals surface area contributed by atoms with Crippen LogP contribution in [0.1, 0.15) is 37.8 Å². The first-order chi connectivity index (χ1) is 12.6. The minimum atomic E-state index is -0.884. The summed E-state index contributed by atoms with van der Waals surface area (Å²) >= 11 is 0. The molecule has 0 saturated carbocycles. The number of esters is 2. The Hall–Kier alpha value is -2.62. The van der Waals surface area contributed by atoms with Crippen LogP contribution in [0.2, 0.25) is 0 Å². The zero-order chi connectivity index (χ0) is 18.8. The van der Waals surface area contributed by atoms with Gasteiger partial charge in [0, 0.05) is 0 Å². The standard InChI is InChI=1S/C22H26O4/c1-17(2)13-14-20(21(23)25-15-18-9-5-3-6-10-18)22(24)26-16-19-11-7-4-8-12-19/h3-12,17,20H,13-16H2,1-2H3. The molecule has 0 spiro atoms. The highest BCUT2D eigenvalue weighted by Crippen LogP contribution is 2.17. The molecule has 0 N–H and O–H groups in total. The summed E-state index contributed by atoms with van der Waals surface area (Å²) in [6.07, 6.45) is 1.18. The van der Waals surface area contributed by atoms with Gasteiger partial charge in [-0.25, -0.2) is 0 Å². The maximum atomic E-state index is 12.5. The van der Waals surface area contributed by atoms with Crippen LogP contribution in [0.5, 0.6) is 0 Å². The Kier molecular flexibility index (Phi) is 7.87. The molecule has 0 aliphatic heterocycles. The lowest BCUT2D eigenvalue weighted by molar-refractivity contribution is -0.164. The minimum Gasteiger partial charge on any atom is -0.460 e. The third-order valence-electron chi connectivity index (χ3n) is 4.05. The van der Waals surface area contributed by atoms with E-state index in [1.54, 1.807) is 0 Å². The van der Waals surface area contributed by atoms with Crippen molar-refractivity contribution in [1.82, 2.24) is 0 Å². The van der Waals surface area contributed by atoms with Gasteiger partial charge in [0.15, 0.2) is 5.92 Å². The first-order valence-electron chi connectivity index (χ1n) is 8.97. The highest BCUT2D eigenvalue weighted by molar-refractivity contribution is 5.94. The number of hydrogen-bond acceptors (Lipinski definition) is 4. The topological polar surface area (TPSA) is 52.6 Å². The summed E-state index contributed by atoms with van der Waals surface area (Å²) in [5.74, 6) is -1.54. The number of benzene rings is 2. The second kappa shape index (κ2) is 10.4. The molecular weight excluding hydrogens is 328 g/mol. The largest absolute Gasteiger partial charge is 0.460 e. The van der Waals surface area contributed by atoms with Crippen molar-refractivity contribution in [2.24, 2.45) is 11.8 Å². The third kappa shape index (κ3) is 6.71. The minimum absolute atomic E-state index is 0.157. The fraction of sp³-hybridized carbons (Fsp3) is 0.364. The number of carbonyl (C=O) groups excluding carboxylic acids is 2. The van der Waals surface area contributed by atoms with Crippen LogP contribution in [-0.4, -0.2) is 11.9 Å². The smallest absolute Gasteiger partial charge is 0.320 e. The van der Waals surface area contributed by atoms with Gasteiger partial charge in [-0.05, 0) is 29.9 Å². The van der Waals surface area contributed by atoms with E-state index in [1.165, 1.54) is 0 Å². The third-order valence-corrected chi connectivity index (χ3v) is 4.05. The lowest BCUT2D eigenvalue weighted by Crippen LogP contribution is -2.28. The summed E-state index contributed by atoms with van der Waals surface area (Å²) in [7, 11) is 0. The molecule has 4 heteroatoms. The van der Waals surface area contributed by atoms with E-state index in [0.717, 1.165) is 17.5 Å². The van der Waals surface area contributed by atoms with E-state index in [9.17, 15) is 9.59 Å². The second-order valence-electron chi connectivity index (χ2n) is 6.71. The Bertz CT molecular complexity index is 624. The van der Waals surface area contributed by atoms with Crippen molar-refractivity contribution in [3.8, 4) is 0 Å². The first-order valence-corrected chi connectivity index (χ1v) is 8.97. The van der Waals surface area contributed by atoms with Gasteiger partial charge >= 0.3 is 11.9 Å². The average Bonchev–Trinajstić information content (AvgIpc) is 2.66. The Morgan fingerprint density at radius 3 is 1.54 bits per heavy atom. The van der Waals surface area contributed by atoms with Crippen LogP contribution in [-0.2, 0) is 32.3 Å². The van der Waals surface area contributed by atoms with E-state index in [0.29, 0.717) is 12.3 Å². The van der Waals surface area contributed by atoms with Gasteiger partial charge in [0.1, 0.15) is 13.2 Å². The van der Waals surface area contributed by atoms with Crippen LogP contribution in [0.15, 0.2) is 60.7 Å². The summed E-state index contributed by atoms with van der Waals surface area (Å²) in [4.78, 5) is 24.9. The molecule has 0 atom stereocenters. The number of carbonyl (C=O) groups is 2. The second-order valence-corrected chi connectivity index (χ2v) is 6.71. The van der Waals surface area contributed by atoms with Crippen molar-refractivity contribution < 1.29 is 19.1 Å². The number of rotatable bonds is 9. The Balaban J connectivity index is 1.94. The molecule has 0 saturated heterocycles. The van der Waals surface area contributed by atoms with Crippen LogP contribution < -0.4 is 0 Å². The molecule has 4 nitrogen and oxygen atoms in total. The first kappa shape index (κ1) is 19.7. The van der Waals surface area contributed by atoms with Gasteiger partial charge in [0.2, 0.25) is 0 Å². The van der Waals surface area contributed by atoms with Gasteiger partial charge < -0.3 is 9.47 Å². The SMILES string of the molecule is CC(C)CCC(C(=O)OCc1ccccc1)C(=O)OCc1ccccc1. The summed E-state index contributed by atoms with van der Waals surface area (Å²) in [5, 5.41) is 0. The van der Waals surface area contributed by atoms with E-state index < -0.39 is 17.9 Å². The van der Waals surface area contributed by atoms with Crippen molar-refractivity contribution in [3.63, 3.8) is 0 Å². The number of hydrogen-bond donors (Lipinski definition) is 0. The van der Waals surface area contributed by atoms with E-state index >= 15 is 0 Å². The maximum absolute atomic E-state index is 12.5. The van der Waals surface area contributed by atoms with Gasteiger partial charge in [-0.1, -0.05) is 74.5 Å². The maximum Gasteiger partial charge on any atom is 0.320 e. The number of ether oxygens (including phenoxy) is 2. The van der Waals surface area contributed by atoms with Crippen LogP contribution in [0, 0.1) is 11.8 Å². The van der Waals surface area contributed by atoms with Gasteiger partial charge in [0.25, 0.3) is 0 Å².